The molecule has 1 heterocycles. The molecular weight excluding hydrogens is 348 g/mol. The third kappa shape index (κ3) is 4.20. The van der Waals surface area contributed by atoms with E-state index < -0.39 is 11.6 Å². The van der Waals surface area contributed by atoms with Crippen molar-refractivity contribution in [1.29, 1.82) is 0 Å². The molecule has 4 nitrogen and oxygen atoms in total. The Morgan fingerprint density at radius 1 is 1.08 bits per heavy atom. The molecule has 0 radical (unpaired) electrons. The van der Waals surface area contributed by atoms with Crippen LogP contribution >= 0.6 is 11.6 Å². The Labute approximate surface area is 150 Å². The lowest BCUT2D eigenvalue weighted by molar-refractivity contribution is 0.194. The van der Waals surface area contributed by atoms with Gasteiger partial charge in [0, 0.05) is 43.8 Å². The van der Waals surface area contributed by atoms with Crippen LogP contribution in [0.15, 0.2) is 42.5 Å². The number of benzene rings is 2. The van der Waals surface area contributed by atoms with Crippen molar-refractivity contribution >= 4 is 23.3 Å². The Balaban J connectivity index is 1.53. The summed E-state index contributed by atoms with van der Waals surface area (Å²) in [5, 5.41) is 3.45. The highest BCUT2D eigenvalue weighted by molar-refractivity contribution is 6.31. The van der Waals surface area contributed by atoms with Crippen LogP contribution in [-0.2, 0) is 6.54 Å². The van der Waals surface area contributed by atoms with Gasteiger partial charge in [-0.1, -0.05) is 29.8 Å². The molecule has 3 rings (SSSR count). The van der Waals surface area contributed by atoms with Gasteiger partial charge in [-0.05, 0) is 23.8 Å². The first-order chi connectivity index (χ1) is 12.0. The summed E-state index contributed by atoms with van der Waals surface area (Å²) in [7, 11) is 0. The molecule has 2 aromatic rings. The molecule has 1 aliphatic rings. The van der Waals surface area contributed by atoms with Crippen LogP contribution in [0.25, 0.3) is 0 Å². The summed E-state index contributed by atoms with van der Waals surface area (Å²) in [6.45, 7) is 2.26. The lowest BCUT2D eigenvalue weighted by Gasteiger charge is -2.36. The molecule has 2 amide bonds. The number of halogens is 3. The zero-order valence-electron chi connectivity index (χ0n) is 13.5. The summed E-state index contributed by atoms with van der Waals surface area (Å²) in [6, 6.07) is 10.7. The third-order valence-electron chi connectivity index (χ3n) is 4.21. The van der Waals surface area contributed by atoms with Crippen LogP contribution in [0.4, 0.5) is 19.3 Å². The lowest BCUT2D eigenvalue weighted by atomic mass is 10.2. The van der Waals surface area contributed by atoms with Crippen molar-refractivity contribution in [1.82, 2.24) is 10.2 Å². The fourth-order valence-corrected chi connectivity index (χ4v) is 3.02. The van der Waals surface area contributed by atoms with Gasteiger partial charge in [-0.2, -0.15) is 0 Å². The van der Waals surface area contributed by atoms with Gasteiger partial charge in [0.1, 0.15) is 11.6 Å². The molecule has 0 spiro atoms. The quantitative estimate of drug-likeness (QED) is 0.901. The van der Waals surface area contributed by atoms with Crippen LogP contribution in [0.3, 0.4) is 0 Å². The van der Waals surface area contributed by atoms with Crippen LogP contribution in [-0.4, -0.2) is 37.1 Å². The minimum absolute atomic E-state index is 0.181. The van der Waals surface area contributed by atoms with Crippen LogP contribution in [0.5, 0.6) is 0 Å². The maximum Gasteiger partial charge on any atom is 0.317 e. The van der Waals surface area contributed by atoms with E-state index in [1.54, 1.807) is 11.0 Å². The second kappa shape index (κ2) is 7.70. The largest absolute Gasteiger partial charge is 0.366 e. The van der Waals surface area contributed by atoms with Crippen LogP contribution in [0, 0.1) is 11.6 Å². The molecule has 1 aliphatic heterocycles. The summed E-state index contributed by atoms with van der Waals surface area (Å²) < 4.78 is 26.9. The van der Waals surface area contributed by atoms with Crippen molar-refractivity contribution in [3.63, 3.8) is 0 Å². The van der Waals surface area contributed by atoms with Crippen LogP contribution in [0.1, 0.15) is 5.56 Å². The zero-order valence-corrected chi connectivity index (χ0v) is 14.3. The molecule has 1 fully saturated rings. The van der Waals surface area contributed by atoms with Gasteiger partial charge >= 0.3 is 6.03 Å². The number of rotatable bonds is 3. The predicted molar refractivity (Wildman–Crippen MR) is 93.8 cm³/mol. The number of carbonyl (C=O) groups is 1. The van der Waals surface area contributed by atoms with Crippen molar-refractivity contribution in [3.8, 4) is 0 Å². The van der Waals surface area contributed by atoms with Gasteiger partial charge < -0.3 is 15.1 Å². The minimum Gasteiger partial charge on any atom is -0.366 e. The van der Waals surface area contributed by atoms with Crippen molar-refractivity contribution in [3.05, 3.63) is 64.7 Å². The average molecular weight is 366 g/mol. The zero-order chi connectivity index (χ0) is 17.8. The molecule has 132 valence electrons. The van der Waals surface area contributed by atoms with E-state index in [2.05, 4.69) is 5.32 Å². The molecule has 0 aliphatic carbocycles. The van der Waals surface area contributed by atoms with E-state index in [1.165, 1.54) is 12.1 Å². The van der Waals surface area contributed by atoms with E-state index in [1.807, 2.05) is 23.1 Å². The Morgan fingerprint density at radius 2 is 1.80 bits per heavy atom. The van der Waals surface area contributed by atoms with Gasteiger partial charge in [0.25, 0.3) is 0 Å². The second-order valence-corrected chi connectivity index (χ2v) is 6.23. The summed E-state index contributed by atoms with van der Waals surface area (Å²) in [5.74, 6) is -1.18. The number of carbonyl (C=O) groups excluding carboxylic acids is 1. The maximum atomic E-state index is 13.8. The Hall–Kier alpha value is -2.34. The highest BCUT2D eigenvalue weighted by Gasteiger charge is 2.22. The number of hydrogen-bond donors (Lipinski definition) is 1. The number of urea groups is 1. The van der Waals surface area contributed by atoms with Crippen LogP contribution < -0.4 is 10.2 Å². The number of nitrogens with zero attached hydrogens (tertiary/aromatic N) is 2. The standard InChI is InChI=1S/C18H18ClF2N3O/c19-15-4-2-1-3-13(15)12-22-18(25)24-9-7-23(8-10-24)17-6-5-14(20)11-16(17)21/h1-6,11H,7-10,12H2,(H,22,25). The lowest BCUT2D eigenvalue weighted by Crippen LogP contribution is -2.51. The van der Waals surface area contributed by atoms with Gasteiger partial charge in [-0.3, -0.25) is 0 Å². The Morgan fingerprint density at radius 3 is 2.48 bits per heavy atom. The SMILES string of the molecule is O=C(NCc1ccccc1Cl)N1CCN(c2ccc(F)cc2F)CC1. The summed E-state index contributed by atoms with van der Waals surface area (Å²) in [4.78, 5) is 15.8. The van der Waals surface area contributed by atoms with E-state index >= 15 is 0 Å². The number of amides is 2. The number of piperazine rings is 1. The first-order valence-corrected chi connectivity index (χ1v) is 8.38. The molecule has 0 unspecified atom stereocenters. The average Bonchev–Trinajstić information content (AvgIpc) is 2.61. The van der Waals surface area contributed by atoms with Gasteiger partial charge in [0.15, 0.2) is 0 Å². The molecule has 25 heavy (non-hydrogen) atoms. The van der Waals surface area contributed by atoms with E-state index in [4.69, 9.17) is 11.6 Å². The first kappa shape index (κ1) is 17.5. The van der Waals surface area contributed by atoms with Gasteiger partial charge in [-0.15, -0.1) is 0 Å². The molecular formula is C18H18ClF2N3O. The van der Waals surface area contributed by atoms with Crippen molar-refractivity contribution < 1.29 is 13.6 Å². The van der Waals surface area contributed by atoms with Gasteiger partial charge in [-0.25, -0.2) is 13.6 Å². The monoisotopic (exact) mass is 365 g/mol. The maximum absolute atomic E-state index is 13.8. The Bertz CT molecular complexity index is 764. The summed E-state index contributed by atoms with van der Waals surface area (Å²) in [6.07, 6.45) is 0. The molecule has 2 aromatic carbocycles. The van der Waals surface area contributed by atoms with E-state index in [0.29, 0.717) is 43.4 Å². The molecule has 0 atom stereocenters. The van der Waals surface area contributed by atoms with Crippen molar-refractivity contribution in [2.24, 2.45) is 0 Å². The molecule has 1 N–H and O–H groups in total. The summed E-state index contributed by atoms with van der Waals surface area (Å²) in [5.41, 5.74) is 1.21. The Kier molecular flexibility index (Phi) is 5.38. The fraction of sp³-hybridized carbons (Fsp3) is 0.278. The second-order valence-electron chi connectivity index (χ2n) is 5.82. The van der Waals surface area contributed by atoms with Crippen LogP contribution in [0.2, 0.25) is 5.02 Å². The molecule has 7 heteroatoms. The first-order valence-electron chi connectivity index (χ1n) is 8.01. The van der Waals surface area contributed by atoms with Crippen molar-refractivity contribution in [2.75, 3.05) is 31.1 Å². The highest BCUT2D eigenvalue weighted by Crippen LogP contribution is 2.21. The van der Waals surface area contributed by atoms with E-state index in [0.717, 1.165) is 11.6 Å². The normalized spacial score (nSPS) is 14.5. The smallest absolute Gasteiger partial charge is 0.317 e. The molecule has 0 saturated carbocycles. The number of nitrogens with one attached hydrogen (secondary N) is 1. The highest BCUT2D eigenvalue weighted by atomic mass is 35.5. The predicted octanol–water partition coefficient (Wildman–Crippen LogP) is 3.65. The summed E-state index contributed by atoms with van der Waals surface area (Å²) >= 11 is 6.07. The molecule has 1 saturated heterocycles. The third-order valence-corrected chi connectivity index (χ3v) is 4.57. The topological polar surface area (TPSA) is 35.6 Å². The number of anilines is 1. The van der Waals surface area contributed by atoms with Gasteiger partial charge in [0.2, 0.25) is 0 Å². The van der Waals surface area contributed by atoms with Crippen molar-refractivity contribution in [2.45, 2.75) is 6.54 Å². The minimum atomic E-state index is -0.598. The number of hydrogen-bond acceptors (Lipinski definition) is 2. The fourth-order valence-electron chi connectivity index (χ4n) is 2.81. The van der Waals surface area contributed by atoms with E-state index in [-0.39, 0.29) is 6.03 Å². The van der Waals surface area contributed by atoms with E-state index in [9.17, 15) is 13.6 Å². The van der Waals surface area contributed by atoms with Gasteiger partial charge in [0.05, 0.1) is 5.69 Å². The molecule has 0 bridgehead atoms. The molecule has 0 aromatic heterocycles.